The maximum Gasteiger partial charge on any atom is 0.259 e. The molecule has 2 aromatic rings. The second-order valence-electron chi connectivity index (χ2n) is 4.82. The molecule has 1 aromatic carbocycles. The van der Waals surface area contributed by atoms with Crippen LogP contribution in [0, 0.1) is 13.8 Å². The van der Waals surface area contributed by atoms with Gasteiger partial charge in [0.05, 0.1) is 11.9 Å². The summed E-state index contributed by atoms with van der Waals surface area (Å²) in [6.07, 6.45) is 1.56. The SMILES string of the molecule is CCN(C(=O)c1ccc(C)cc1C)c1ccc(N)cn1. The number of aromatic nitrogens is 1. The first-order chi connectivity index (χ1) is 9.52. The molecule has 0 spiro atoms. The zero-order valence-corrected chi connectivity index (χ0v) is 12.1. The van der Waals surface area contributed by atoms with Crippen molar-refractivity contribution < 1.29 is 4.79 Å². The van der Waals surface area contributed by atoms with Crippen molar-refractivity contribution in [2.24, 2.45) is 0 Å². The topological polar surface area (TPSA) is 59.2 Å². The van der Waals surface area contributed by atoms with Crippen LogP contribution in [-0.2, 0) is 0 Å². The number of anilines is 2. The Labute approximate surface area is 119 Å². The molecule has 0 aliphatic rings. The van der Waals surface area contributed by atoms with E-state index in [-0.39, 0.29) is 5.91 Å². The first kappa shape index (κ1) is 14.1. The number of carbonyl (C=O) groups excluding carboxylic acids is 1. The fraction of sp³-hybridized carbons (Fsp3) is 0.250. The van der Waals surface area contributed by atoms with Gasteiger partial charge in [-0.15, -0.1) is 0 Å². The van der Waals surface area contributed by atoms with Crippen LogP contribution >= 0.6 is 0 Å². The highest BCUT2D eigenvalue weighted by Gasteiger charge is 2.18. The molecule has 0 saturated carbocycles. The number of pyridine rings is 1. The van der Waals surface area contributed by atoms with Crippen molar-refractivity contribution in [3.05, 3.63) is 53.2 Å². The fourth-order valence-electron chi connectivity index (χ4n) is 2.17. The van der Waals surface area contributed by atoms with E-state index in [0.29, 0.717) is 23.6 Å². The molecule has 4 heteroatoms. The summed E-state index contributed by atoms with van der Waals surface area (Å²) in [5, 5.41) is 0. The average Bonchev–Trinajstić information content (AvgIpc) is 2.41. The largest absolute Gasteiger partial charge is 0.397 e. The number of aryl methyl sites for hydroxylation is 2. The third-order valence-corrected chi connectivity index (χ3v) is 3.22. The van der Waals surface area contributed by atoms with Crippen molar-refractivity contribution in [1.82, 2.24) is 4.98 Å². The minimum absolute atomic E-state index is 0.0396. The molecule has 104 valence electrons. The van der Waals surface area contributed by atoms with E-state index in [0.717, 1.165) is 11.1 Å². The molecule has 2 N–H and O–H groups in total. The van der Waals surface area contributed by atoms with Crippen LogP contribution in [0.2, 0.25) is 0 Å². The minimum Gasteiger partial charge on any atom is -0.397 e. The van der Waals surface area contributed by atoms with Crippen LogP contribution in [0.15, 0.2) is 36.5 Å². The van der Waals surface area contributed by atoms with Gasteiger partial charge in [0.25, 0.3) is 5.91 Å². The van der Waals surface area contributed by atoms with Gasteiger partial charge in [-0.3, -0.25) is 9.69 Å². The number of nitrogens with zero attached hydrogens (tertiary/aromatic N) is 2. The molecule has 0 atom stereocenters. The van der Waals surface area contributed by atoms with E-state index in [4.69, 9.17) is 5.73 Å². The Bertz CT molecular complexity index is 620. The van der Waals surface area contributed by atoms with E-state index in [1.807, 2.05) is 39.0 Å². The number of benzene rings is 1. The highest BCUT2D eigenvalue weighted by atomic mass is 16.2. The summed E-state index contributed by atoms with van der Waals surface area (Å²) in [4.78, 5) is 18.5. The summed E-state index contributed by atoms with van der Waals surface area (Å²) < 4.78 is 0. The van der Waals surface area contributed by atoms with Crippen LogP contribution in [0.25, 0.3) is 0 Å². The molecule has 0 aliphatic heterocycles. The molecule has 4 nitrogen and oxygen atoms in total. The first-order valence-corrected chi connectivity index (χ1v) is 6.63. The fourth-order valence-corrected chi connectivity index (χ4v) is 2.17. The Morgan fingerprint density at radius 3 is 2.55 bits per heavy atom. The molecule has 0 saturated heterocycles. The lowest BCUT2D eigenvalue weighted by molar-refractivity contribution is 0.0987. The quantitative estimate of drug-likeness (QED) is 0.932. The Morgan fingerprint density at radius 1 is 1.25 bits per heavy atom. The molecule has 1 heterocycles. The maximum atomic E-state index is 12.6. The zero-order chi connectivity index (χ0) is 14.7. The van der Waals surface area contributed by atoms with Gasteiger partial charge < -0.3 is 5.73 Å². The van der Waals surface area contributed by atoms with Crippen molar-refractivity contribution in [2.45, 2.75) is 20.8 Å². The van der Waals surface area contributed by atoms with Gasteiger partial charge in [-0.25, -0.2) is 4.98 Å². The summed E-state index contributed by atoms with van der Waals surface area (Å²) in [6.45, 7) is 6.45. The molecule has 0 unspecified atom stereocenters. The van der Waals surface area contributed by atoms with Crippen molar-refractivity contribution in [2.75, 3.05) is 17.2 Å². The highest BCUT2D eigenvalue weighted by Crippen LogP contribution is 2.18. The lowest BCUT2D eigenvalue weighted by Crippen LogP contribution is -2.31. The predicted octanol–water partition coefficient (Wildman–Crippen LogP) is 2.95. The molecule has 0 radical (unpaired) electrons. The van der Waals surface area contributed by atoms with E-state index in [9.17, 15) is 4.79 Å². The molecule has 0 aliphatic carbocycles. The Balaban J connectivity index is 2.36. The minimum atomic E-state index is -0.0396. The van der Waals surface area contributed by atoms with Gasteiger partial charge in [-0.1, -0.05) is 17.7 Å². The summed E-state index contributed by atoms with van der Waals surface area (Å²) in [7, 11) is 0. The third kappa shape index (κ3) is 2.79. The van der Waals surface area contributed by atoms with Crippen molar-refractivity contribution in [1.29, 1.82) is 0 Å². The highest BCUT2D eigenvalue weighted by molar-refractivity contribution is 6.06. The Kier molecular flexibility index (Phi) is 4.03. The van der Waals surface area contributed by atoms with E-state index in [1.165, 1.54) is 0 Å². The summed E-state index contributed by atoms with van der Waals surface area (Å²) in [5.41, 5.74) is 9.04. The number of hydrogen-bond acceptors (Lipinski definition) is 3. The normalized spacial score (nSPS) is 10.3. The van der Waals surface area contributed by atoms with Gasteiger partial charge in [0.2, 0.25) is 0 Å². The smallest absolute Gasteiger partial charge is 0.259 e. The Morgan fingerprint density at radius 2 is 2.00 bits per heavy atom. The molecular weight excluding hydrogens is 250 g/mol. The second-order valence-corrected chi connectivity index (χ2v) is 4.82. The number of hydrogen-bond donors (Lipinski definition) is 1. The number of nitrogen functional groups attached to an aromatic ring is 1. The van der Waals surface area contributed by atoms with Crippen LogP contribution in [0.3, 0.4) is 0 Å². The van der Waals surface area contributed by atoms with Gasteiger partial charge in [0, 0.05) is 12.1 Å². The van der Waals surface area contributed by atoms with Crippen molar-refractivity contribution in [3.63, 3.8) is 0 Å². The standard InChI is InChI=1S/C16H19N3O/c1-4-19(15-8-6-13(17)10-18-15)16(20)14-7-5-11(2)9-12(14)3/h5-10H,4,17H2,1-3H3. The number of rotatable bonds is 3. The summed E-state index contributed by atoms with van der Waals surface area (Å²) >= 11 is 0. The molecule has 1 amide bonds. The van der Waals surface area contributed by atoms with Crippen LogP contribution in [0.4, 0.5) is 11.5 Å². The van der Waals surface area contributed by atoms with Gasteiger partial charge in [0.15, 0.2) is 0 Å². The second kappa shape index (κ2) is 5.74. The van der Waals surface area contributed by atoms with Gasteiger partial charge >= 0.3 is 0 Å². The van der Waals surface area contributed by atoms with E-state index in [2.05, 4.69) is 4.98 Å². The number of carbonyl (C=O) groups is 1. The van der Waals surface area contributed by atoms with Gasteiger partial charge in [0.1, 0.15) is 5.82 Å². The van der Waals surface area contributed by atoms with Crippen molar-refractivity contribution in [3.8, 4) is 0 Å². The molecular formula is C16H19N3O. The monoisotopic (exact) mass is 269 g/mol. The summed E-state index contributed by atoms with van der Waals surface area (Å²) in [6, 6.07) is 9.34. The summed E-state index contributed by atoms with van der Waals surface area (Å²) in [5.74, 6) is 0.578. The van der Waals surface area contributed by atoms with Gasteiger partial charge in [-0.05, 0) is 44.5 Å². The predicted molar refractivity (Wildman–Crippen MR) is 81.9 cm³/mol. The molecule has 0 bridgehead atoms. The number of amides is 1. The van der Waals surface area contributed by atoms with Crippen LogP contribution < -0.4 is 10.6 Å². The number of nitrogens with two attached hydrogens (primary N) is 1. The van der Waals surface area contributed by atoms with Crippen molar-refractivity contribution >= 4 is 17.4 Å². The molecule has 0 fully saturated rings. The lowest BCUT2D eigenvalue weighted by Gasteiger charge is -2.21. The van der Waals surface area contributed by atoms with Crippen LogP contribution in [0.1, 0.15) is 28.4 Å². The molecule has 20 heavy (non-hydrogen) atoms. The lowest BCUT2D eigenvalue weighted by atomic mass is 10.0. The average molecular weight is 269 g/mol. The zero-order valence-electron chi connectivity index (χ0n) is 12.1. The van der Waals surface area contributed by atoms with E-state index in [1.54, 1.807) is 23.2 Å². The molecule has 1 aromatic heterocycles. The van der Waals surface area contributed by atoms with Crippen LogP contribution in [0.5, 0.6) is 0 Å². The van der Waals surface area contributed by atoms with Gasteiger partial charge in [-0.2, -0.15) is 0 Å². The van der Waals surface area contributed by atoms with Crippen LogP contribution in [-0.4, -0.2) is 17.4 Å². The maximum absolute atomic E-state index is 12.6. The van der Waals surface area contributed by atoms with E-state index < -0.39 is 0 Å². The third-order valence-electron chi connectivity index (χ3n) is 3.22. The Hall–Kier alpha value is -2.36. The van der Waals surface area contributed by atoms with E-state index >= 15 is 0 Å². The first-order valence-electron chi connectivity index (χ1n) is 6.63. The molecule has 2 rings (SSSR count).